The highest BCUT2D eigenvalue weighted by Gasteiger charge is 2.06. The lowest BCUT2D eigenvalue weighted by molar-refractivity contribution is -0.123. The Hall–Kier alpha value is -2.86. The van der Waals surface area contributed by atoms with Crippen molar-refractivity contribution < 1.29 is 9.53 Å². The first-order valence-corrected chi connectivity index (χ1v) is 8.87. The monoisotopic (exact) mass is 411 g/mol. The number of halogens is 1. The second kappa shape index (κ2) is 8.49. The van der Waals surface area contributed by atoms with Crippen molar-refractivity contribution in [3.63, 3.8) is 0 Å². The average molecular weight is 412 g/mol. The Morgan fingerprint density at radius 3 is 3.00 bits per heavy atom. The second-order valence-electron chi connectivity index (χ2n) is 5.62. The van der Waals surface area contributed by atoms with Gasteiger partial charge >= 0.3 is 0 Å². The van der Waals surface area contributed by atoms with Gasteiger partial charge in [0.25, 0.3) is 5.91 Å². The number of nitrogens with one attached hydrogen (secondary N) is 2. The smallest absolute Gasteiger partial charge is 0.277 e. The molecule has 0 fully saturated rings. The molecule has 6 heteroatoms. The molecule has 3 rings (SSSR count). The van der Waals surface area contributed by atoms with Crippen molar-refractivity contribution in [1.29, 1.82) is 0 Å². The van der Waals surface area contributed by atoms with Gasteiger partial charge in [-0.15, -0.1) is 6.58 Å². The van der Waals surface area contributed by atoms with Crippen LogP contribution in [0.15, 0.2) is 70.9 Å². The number of ether oxygens (including phenoxy) is 1. The predicted octanol–water partition coefficient (Wildman–Crippen LogP) is 4.19. The first-order chi connectivity index (χ1) is 12.7. The first kappa shape index (κ1) is 17.9. The van der Waals surface area contributed by atoms with Gasteiger partial charge in [-0.05, 0) is 36.2 Å². The maximum absolute atomic E-state index is 11.9. The van der Waals surface area contributed by atoms with Gasteiger partial charge in [0.2, 0.25) is 0 Å². The van der Waals surface area contributed by atoms with Gasteiger partial charge in [-0.25, -0.2) is 5.43 Å². The number of hydrazone groups is 1. The van der Waals surface area contributed by atoms with Crippen molar-refractivity contribution >= 4 is 39.0 Å². The number of aromatic nitrogens is 1. The first-order valence-electron chi connectivity index (χ1n) is 8.07. The number of carbonyl (C=O) groups is 1. The highest BCUT2D eigenvalue weighted by atomic mass is 79.9. The summed E-state index contributed by atoms with van der Waals surface area (Å²) in [5, 5.41) is 5.03. The molecule has 1 amide bonds. The Bertz CT molecular complexity index is 963. The SMILES string of the molecule is C=CCc1ccccc1OCC(=O)NN=Cc1c[nH]c2ccc(Br)cc12. The number of nitrogens with zero attached hydrogens (tertiary/aromatic N) is 1. The minimum atomic E-state index is -0.323. The van der Waals surface area contributed by atoms with E-state index in [1.54, 1.807) is 12.3 Å². The number of allylic oxidation sites excluding steroid dienone is 1. The molecule has 1 heterocycles. The molecule has 0 aliphatic heterocycles. The van der Waals surface area contributed by atoms with Crippen LogP contribution in [0.4, 0.5) is 0 Å². The molecule has 132 valence electrons. The van der Waals surface area contributed by atoms with Crippen LogP contribution in [0.5, 0.6) is 5.75 Å². The molecule has 0 saturated carbocycles. The fraction of sp³-hybridized carbons (Fsp3) is 0.100. The number of para-hydroxylation sites is 1. The number of fused-ring (bicyclic) bond motifs is 1. The van der Waals surface area contributed by atoms with E-state index in [0.29, 0.717) is 12.2 Å². The topological polar surface area (TPSA) is 66.5 Å². The maximum Gasteiger partial charge on any atom is 0.277 e. The summed E-state index contributed by atoms with van der Waals surface area (Å²) in [4.78, 5) is 15.1. The molecule has 1 aromatic heterocycles. The molecule has 0 radical (unpaired) electrons. The molecule has 26 heavy (non-hydrogen) atoms. The van der Waals surface area contributed by atoms with Gasteiger partial charge in [-0.2, -0.15) is 5.10 Å². The molecular formula is C20H18BrN3O2. The zero-order chi connectivity index (χ0) is 18.4. The van der Waals surface area contributed by atoms with Crippen molar-refractivity contribution in [3.05, 3.63) is 76.9 Å². The van der Waals surface area contributed by atoms with E-state index in [-0.39, 0.29) is 12.5 Å². The Labute approximate surface area is 159 Å². The minimum absolute atomic E-state index is 0.106. The van der Waals surface area contributed by atoms with Crippen LogP contribution in [0.3, 0.4) is 0 Å². The van der Waals surface area contributed by atoms with Crippen molar-refractivity contribution in [2.75, 3.05) is 6.61 Å². The van der Waals surface area contributed by atoms with Crippen molar-refractivity contribution in [1.82, 2.24) is 10.4 Å². The Morgan fingerprint density at radius 2 is 2.15 bits per heavy atom. The summed E-state index contributed by atoms with van der Waals surface area (Å²) in [5.41, 5.74) is 5.36. The molecule has 0 spiro atoms. The third-order valence-electron chi connectivity index (χ3n) is 3.76. The van der Waals surface area contributed by atoms with Gasteiger partial charge in [0.1, 0.15) is 5.75 Å². The van der Waals surface area contributed by atoms with Crippen LogP contribution in [0.2, 0.25) is 0 Å². The van der Waals surface area contributed by atoms with Crippen LogP contribution in [0.1, 0.15) is 11.1 Å². The van der Waals surface area contributed by atoms with Crippen LogP contribution in [-0.4, -0.2) is 23.7 Å². The lowest BCUT2D eigenvalue weighted by Gasteiger charge is -2.09. The molecule has 3 aromatic rings. The molecule has 5 nitrogen and oxygen atoms in total. The maximum atomic E-state index is 11.9. The summed E-state index contributed by atoms with van der Waals surface area (Å²) in [6.07, 6.45) is 5.93. The lowest BCUT2D eigenvalue weighted by atomic mass is 10.1. The molecule has 0 unspecified atom stereocenters. The molecular weight excluding hydrogens is 394 g/mol. The highest BCUT2D eigenvalue weighted by molar-refractivity contribution is 9.10. The van der Waals surface area contributed by atoms with Gasteiger partial charge in [-0.1, -0.05) is 40.2 Å². The van der Waals surface area contributed by atoms with E-state index in [4.69, 9.17) is 4.74 Å². The molecule has 2 aromatic carbocycles. The summed E-state index contributed by atoms with van der Waals surface area (Å²) in [7, 11) is 0. The Morgan fingerprint density at radius 1 is 1.31 bits per heavy atom. The van der Waals surface area contributed by atoms with E-state index in [9.17, 15) is 4.79 Å². The average Bonchev–Trinajstić information content (AvgIpc) is 3.03. The van der Waals surface area contributed by atoms with Gasteiger partial charge in [0, 0.05) is 27.1 Å². The standard InChI is InChI=1S/C20H18BrN3O2/c1-2-5-14-6-3-4-7-19(14)26-13-20(25)24-23-12-15-11-22-18-9-8-16(21)10-17(15)18/h2-4,6-12,22H,1,5,13H2,(H,24,25). The molecule has 0 aliphatic carbocycles. The fourth-order valence-electron chi connectivity index (χ4n) is 2.54. The minimum Gasteiger partial charge on any atom is -0.483 e. The van der Waals surface area contributed by atoms with Crippen LogP contribution in [0.25, 0.3) is 10.9 Å². The zero-order valence-electron chi connectivity index (χ0n) is 14.0. The number of benzene rings is 2. The van der Waals surface area contributed by atoms with E-state index in [1.165, 1.54) is 0 Å². The number of amides is 1. The summed E-state index contributed by atoms with van der Waals surface area (Å²) in [5.74, 6) is 0.351. The van der Waals surface area contributed by atoms with Crippen LogP contribution >= 0.6 is 15.9 Å². The number of hydrogen-bond donors (Lipinski definition) is 2. The van der Waals surface area contributed by atoms with Gasteiger partial charge < -0.3 is 9.72 Å². The van der Waals surface area contributed by atoms with Gasteiger partial charge in [-0.3, -0.25) is 4.79 Å². The normalized spacial score (nSPS) is 11.0. The number of aromatic amines is 1. The third-order valence-corrected chi connectivity index (χ3v) is 4.26. The summed E-state index contributed by atoms with van der Waals surface area (Å²) < 4.78 is 6.56. The molecule has 0 aliphatic rings. The van der Waals surface area contributed by atoms with E-state index < -0.39 is 0 Å². The number of H-pyrrole nitrogens is 1. The highest BCUT2D eigenvalue weighted by Crippen LogP contribution is 2.21. The summed E-state index contributed by atoms with van der Waals surface area (Å²) >= 11 is 3.45. The fourth-order valence-corrected chi connectivity index (χ4v) is 2.90. The summed E-state index contributed by atoms with van der Waals surface area (Å²) in [6, 6.07) is 13.5. The predicted molar refractivity (Wildman–Crippen MR) is 108 cm³/mol. The van der Waals surface area contributed by atoms with Crippen LogP contribution < -0.4 is 10.2 Å². The van der Waals surface area contributed by atoms with Crippen LogP contribution in [0, 0.1) is 0 Å². The van der Waals surface area contributed by atoms with E-state index in [2.05, 4.69) is 38.0 Å². The summed E-state index contributed by atoms with van der Waals surface area (Å²) in [6.45, 7) is 3.62. The molecule has 0 saturated heterocycles. The van der Waals surface area contributed by atoms with Gasteiger partial charge in [0.15, 0.2) is 6.61 Å². The largest absolute Gasteiger partial charge is 0.483 e. The Balaban J connectivity index is 1.58. The second-order valence-corrected chi connectivity index (χ2v) is 6.53. The molecule has 0 bridgehead atoms. The number of carbonyl (C=O) groups excluding carboxylic acids is 1. The van der Waals surface area contributed by atoms with E-state index in [1.807, 2.05) is 48.7 Å². The zero-order valence-corrected chi connectivity index (χ0v) is 15.6. The third kappa shape index (κ3) is 4.40. The number of rotatable bonds is 7. The quantitative estimate of drug-likeness (QED) is 0.347. The van der Waals surface area contributed by atoms with Crippen molar-refractivity contribution in [3.8, 4) is 5.75 Å². The van der Waals surface area contributed by atoms with Crippen LogP contribution in [-0.2, 0) is 11.2 Å². The lowest BCUT2D eigenvalue weighted by Crippen LogP contribution is -2.24. The van der Waals surface area contributed by atoms with Gasteiger partial charge in [0.05, 0.1) is 6.21 Å². The van der Waals surface area contributed by atoms with Crippen molar-refractivity contribution in [2.45, 2.75) is 6.42 Å². The number of hydrogen-bond acceptors (Lipinski definition) is 3. The Kier molecular flexibility index (Phi) is 5.86. The van der Waals surface area contributed by atoms with E-state index in [0.717, 1.165) is 26.5 Å². The van der Waals surface area contributed by atoms with E-state index >= 15 is 0 Å². The molecule has 2 N–H and O–H groups in total. The van der Waals surface area contributed by atoms with Crippen molar-refractivity contribution in [2.24, 2.45) is 5.10 Å². The molecule has 0 atom stereocenters.